The standard InChI is InChI=1S/C32H35N2/c1-20-16-23(32(5,6)7)18-26-25-17-22(31(2,3)4)14-15-24(25)29-30(28(20)26)34(8)19-27(33-29)21-12-10-9-11-13-21/h9-19H,1-8H3/q+1. The number of rotatable bonds is 1. The normalized spacial score (nSPS) is 12.7. The molecule has 34 heavy (non-hydrogen) atoms. The number of nitrogens with zero attached hydrogens (tertiary/aromatic N) is 2. The lowest BCUT2D eigenvalue weighted by Crippen LogP contribution is -2.30. The summed E-state index contributed by atoms with van der Waals surface area (Å²) < 4.78 is 2.27. The minimum absolute atomic E-state index is 0.0795. The molecule has 0 saturated heterocycles. The molecule has 4 aromatic carbocycles. The summed E-state index contributed by atoms with van der Waals surface area (Å²) in [6.45, 7) is 16.0. The topological polar surface area (TPSA) is 16.8 Å². The molecule has 0 saturated carbocycles. The van der Waals surface area contributed by atoms with Crippen LogP contribution in [0.15, 0.2) is 66.9 Å². The third-order valence-corrected chi connectivity index (χ3v) is 7.06. The molecule has 5 rings (SSSR count). The maximum atomic E-state index is 5.27. The highest BCUT2D eigenvalue weighted by Gasteiger charge is 2.24. The Labute approximate surface area is 203 Å². The Morgan fingerprint density at radius 1 is 0.706 bits per heavy atom. The van der Waals surface area contributed by atoms with Gasteiger partial charge in [0.05, 0.1) is 5.39 Å². The highest BCUT2D eigenvalue weighted by atomic mass is 15.0. The fourth-order valence-corrected chi connectivity index (χ4v) is 5.03. The van der Waals surface area contributed by atoms with Crippen LogP contribution >= 0.6 is 0 Å². The molecule has 0 unspecified atom stereocenters. The van der Waals surface area contributed by atoms with Crippen LogP contribution in [0.2, 0.25) is 0 Å². The van der Waals surface area contributed by atoms with E-state index in [1.165, 1.54) is 43.8 Å². The van der Waals surface area contributed by atoms with Crippen molar-refractivity contribution in [1.82, 2.24) is 4.98 Å². The molecular formula is C32H35N2+. The zero-order valence-corrected chi connectivity index (χ0v) is 21.7. The molecular weight excluding hydrogens is 412 g/mol. The molecule has 0 amide bonds. The Morgan fingerprint density at radius 2 is 1.35 bits per heavy atom. The largest absolute Gasteiger partial charge is 0.239 e. The first-order chi connectivity index (χ1) is 15.9. The second-order valence-electron chi connectivity index (χ2n) is 11.8. The summed E-state index contributed by atoms with van der Waals surface area (Å²) in [6.07, 6.45) is 2.17. The maximum absolute atomic E-state index is 5.27. The number of hydrogen-bond donors (Lipinski definition) is 0. The lowest BCUT2D eigenvalue weighted by atomic mass is 9.82. The molecule has 0 N–H and O–H groups in total. The number of benzene rings is 4. The quantitative estimate of drug-likeness (QED) is 0.188. The minimum Gasteiger partial charge on any atom is -0.234 e. The van der Waals surface area contributed by atoms with E-state index in [9.17, 15) is 0 Å². The Morgan fingerprint density at radius 3 is 2.00 bits per heavy atom. The monoisotopic (exact) mass is 447 g/mol. The van der Waals surface area contributed by atoms with Crippen LogP contribution in [-0.4, -0.2) is 4.98 Å². The van der Waals surface area contributed by atoms with Gasteiger partial charge < -0.3 is 0 Å². The van der Waals surface area contributed by atoms with Gasteiger partial charge >= 0.3 is 0 Å². The predicted octanol–water partition coefficient (Wildman–Crippen LogP) is 7.94. The maximum Gasteiger partial charge on any atom is 0.239 e. The van der Waals surface area contributed by atoms with E-state index >= 15 is 0 Å². The smallest absolute Gasteiger partial charge is 0.234 e. The van der Waals surface area contributed by atoms with Gasteiger partial charge in [-0.3, -0.25) is 0 Å². The molecule has 0 radical (unpaired) electrons. The average molecular weight is 448 g/mol. The van der Waals surface area contributed by atoms with Crippen LogP contribution in [-0.2, 0) is 17.9 Å². The summed E-state index contributed by atoms with van der Waals surface area (Å²) in [6, 6.07) is 22.2. The van der Waals surface area contributed by atoms with Gasteiger partial charge in [0.25, 0.3) is 0 Å². The van der Waals surface area contributed by atoms with Crippen LogP contribution in [0.3, 0.4) is 0 Å². The van der Waals surface area contributed by atoms with Crippen molar-refractivity contribution in [2.45, 2.75) is 59.3 Å². The van der Waals surface area contributed by atoms with E-state index in [1.54, 1.807) is 0 Å². The number of aromatic nitrogens is 2. The molecule has 2 nitrogen and oxygen atoms in total. The summed E-state index contributed by atoms with van der Waals surface area (Å²) in [5, 5.41) is 5.13. The third-order valence-electron chi connectivity index (χ3n) is 7.06. The zero-order valence-electron chi connectivity index (χ0n) is 21.7. The van der Waals surface area contributed by atoms with Gasteiger partial charge in [-0.2, -0.15) is 4.57 Å². The number of aryl methyl sites for hydroxylation is 2. The van der Waals surface area contributed by atoms with Crippen molar-refractivity contribution in [2.24, 2.45) is 7.05 Å². The predicted molar refractivity (Wildman–Crippen MR) is 146 cm³/mol. The van der Waals surface area contributed by atoms with Crippen molar-refractivity contribution in [3.05, 3.63) is 83.6 Å². The van der Waals surface area contributed by atoms with Crippen LogP contribution in [0.25, 0.3) is 43.8 Å². The minimum atomic E-state index is 0.0795. The zero-order chi connectivity index (χ0) is 24.4. The van der Waals surface area contributed by atoms with E-state index in [1.807, 2.05) is 0 Å². The Balaban J connectivity index is 2.01. The van der Waals surface area contributed by atoms with Crippen LogP contribution in [0, 0.1) is 6.92 Å². The van der Waals surface area contributed by atoms with Crippen molar-refractivity contribution < 1.29 is 4.57 Å². The van der Waals surface area contributed by atoms with Crippen molar-refractivity contribution in [3.63, 3.8) is 0 Å². The lowest BCUT2D eigenvalue weighted by Gasteiger charge is -2.23. The van der Waals surface area contributed by atoms with Crippen LogP contribution in [0.5, 0.6) is 0 Å². The van der Waals surface area contributed by atoms with Gasteiger partial charge in [0.1, 0.15) is 18.3 Å². The molecule has 0 bridgehead atoms. The van der Waals surface area contributed by atoms with Crippen molar-refractivity contribution >= 4 is 32.6 Å². The highest BCUT2D eigenvalue weighted by Crippen LogP contribution is 2.39. The molecule has 0 spiro atoms. The molecule has 1 heterocycles. The first-order valence-corrected chi connectivity index (χ1v) is 12.2. The first-order valence-electron chi connectivity index (χ1n) is 12.2. The van der Waals surface area contributed by atoms with E-state index in [2.05, 4.69) is 127 Å². The fraction of sp³-hybridized carbons (Fsp3) is 0.312. The average Bonchev–Trinajstić information content (AvgIpc) is 2.78. The summed E-state index contributed by atoms with van der Waals surface area (Å²) >= 11 is 0. The molecule has 172 valence electrons. The van der Waals surface area contributed by atoms with E-state index < -0.39 is 0 Å². The molecule has 1 aromatic heterocycles. The van der Waals surface area contributed by atoms with Crippen LogP contribution < -0.4 is 4.57 Å². The van der Waals surface area contributed by atoms with Gasteiger partial charge in [-0.05, 0) is 57.3 Å². The highest BCUT2D eigenvalue weighted by molar-refractivity contribution is 6.23. The first kappa shape index (κ1) is 22.5. The second-order valence-corrected chi connectivity index (χ2v) is 11.8. The van der Waals surface area contributed by atoms with E-state index in [4.69, 9.17) is 4.98 Å². The van der Waals surface area contributed by atoms with Crippen molar-refractivity contribution in [3.8, 4) is 11.3 Å². The summed E-state index contributed by atoms with van der Waals surface area (Å²) in [5.74, 6) is 0. The molecule has 2 heteroatoms. The Bertz CT molecular complexity index is 1560. The van der Waals surface area contributed by atoms with Gasteiger partial charge in [-0.15, -0.1) is 0 Å². The molecule has 5 aromatic rings. The van der Waals surface area contributed by atoms with Crippen LogP contribution in [0.4, 0.5) is 0 Å². The van der Waals surface area contributed by atoms with Gasteiger partial charge in [0.15, 0.2) is 6.20 Å². The van der Waals surface area contributed by atoms with Gasteiger partial charge in [0.2, 0.25) is 5.52 Å². The fourth-order valence-electron chi connectivity index (χ4n) is 5.03. The molecule has 0 aliphatic rings. The van der Waals surface area contributed by atoms with Gasteiger partial charge in [0, 0.05) is 10.9 Å². The Hall–Kier alpha value is -3.26. The second kappa shape index (κ2) is 7.63. The van der Waals surface area contributed by atoms with E-state index in [0.717, 1.165) is 16.8 Å². The van der Waals surface area contributed by atoms with E-state index in [0.29, 0.717) is 0 Å². The SMILES string of the molecule is Cc1cc(C(C)(C)C)cc2c3cc(C(C)(C)C)ccc3c3nc(-c4ccccc4)c[n+](C)c3c12. The van der Waals surface area contributed by atoms with E-state index in [-0.39, 0.29) is 10.8 Å². The molecule has 0 atom stereocenters. The van der Waals surface area contributed by atoms with Crippen molar-refractivity contribution in [1.29, 1.82) is 0 Å². The summed E-state index contributed by atoms with van der Waals surface area (Å²) in [7, 11) is 2.16. The van der Waals surface area contributed by atoms with Gasteiger partial charge in [-0.25, -0.2) is 4.98 Å². The molecule has 0 fully saturated rings. The number of hydrogen-bond acceptors (Lipinski definition) is 1. The van der Waals surface area contributed by atoms with Crippen molar-refractivity contribution in [2.75, 3.05) is 0 Å². The van der Waals surface area contributed by atoms with Gasteiger partial charge in [-0.1, -0.05) is 90.1 Å². The summed E-state index contributed by atoms with van der Waals surface area (Å²) in [4.78, 5) is 5.27. The molecule has 0 aliphatic carbocycles. The Kier molecular flexibility index (Phi) is 5.06. The lowest BCUT2D eigenvalue weighted by molar-refractivity contribution is -0.643. The number of fused-ring (bicyclic) bond motifs is 6. The third kappa shape index (κ3) is 3.66. The van der Waals surface area contributed by atoms with Crippen LogP contribution in [0.1, 0.15) is 58.2 Å². The molecule has 0 aliphatic heterocycles. The summed E-state index contributed by atoms with van der Waals surface area (Å²) in [5.41, 5.74) is 8.59.